The lowest BCUT2D eigenvalue weighted by atomic mass is 10.1. The van der Waals surface area contributed by atoms with Crippen molar-refractivity contribution in [1.29, 1.82) is 0 Å². The van der Waals surface area contributed by atoms with Crippen LogP contribution in [-0.4, -0.2) is 29.5 Å². The highest BCUT2D eigenvalue weighted by atomic mass is 35.5. The molecule has 0 saturated carbocycles. The predicted octanol–water partition coefficient (Wildman–Crippen LogP) is 4.52. The van der Waals surface area contributed by atoms with Crippen LogP contribution in [-0.2, 0) is 4.74 Å². The van der Waals surface area contributed by atoms with Gasteiger partial charge >= 0.3 is 6.09 Å². The second-order valence-electron chi connectivity index (χ2n) is 4.98. The second kappa shape index (κ2) is 8.69. The topological polar surface area (TPSA) is 81.4 Å². The third-order valence-corrected chi connectivity index (χ3v) is 3.90. The zero-order valence-electron chi connectivity index (χ0n) is 13.4. The van der Waals surface area contributed by atoms with Crippen LogP contribution in [0.3, 0.4) is 0 Å². The minimum atomic E-state index is -0.828. The molecule has 0 spiro atoms. The summed E-state index contributed by atoms with van der Waals surface area (Å²) in [5.74, 6) is -0.364. The predicted molar refractivity (Wildman–Crippen MR) is 95.0 cm³/mol. The molecular weight excluding hydrogens is 367 g/mol. The summed E-state index contributed by atoms with van der Waals surface area (Å²) in [5, 5.41) is 3.21. The molecule has 6 nitrogen and oxygen atoms in total. The Hall–Kier alpha value is -2.31. The maximum Gasteiger partial charge on any atom is 0.408 e. The molecular formula is C17H16Cl2N2O4. The lowest BCUT2D eigenvalue weighted by Crippen LogP contribution is -2.40. The fraction of sp³-hybridized carbons (Fsp3) is 0.235. The average molecular weight is 383 g/mol. The van der Waals surface area contributed by atoms with Crippen LogP contribution in [0.15, 0.2) is 41.5 Å². The monoisotopic (exact) mass is 382 g/mol. The van der Waals surface area contributed by atoms with E-state index in [1.807, 2.05) is 0 Å². The number of alkyl carbamates (subject to hydrolysis) is 1. The average Bonchev–Trinajstić information content (AvgIpc) is 3.06. The number of amides is 1. The molecule has 8 heteroatoms. The highest BCUT2D eigenvalue weighted by molar-refractivity contribution is 6.39. The molecule has 0 radical (unpaired) electrons. The molecule has 0 aliphatic rings. The molecule has 2 aromatic rings. The van der Waals surface area contributed by atoms with Crippen LogP contribution in [0.2, 0.25) is 10.0 Å². The smallest absolute Gasteiger partial charge is 0.408 e. The van der Waals surface area contributed by atoms with Gasteiger partial charge in [0.05, 0.1) is 21.8 Å². The standard InChI is InChI=1S/C17H16Cl2N2O4/c1-3-8-24-17(23)21-12(4-2)15(22)16-20-9-13(25-16)14-10(18)6-5-7-11(14)19/h3,5-7,9,12H,1,4,8H2,2H3,(H,21,23)/t12-/m0/s1. The minimum absolute atomic E-state index is 0.0462. The molecule has 1 aromatic heterocycles. The number of carbonyl (C=O) groups excluding carboxylic acids is 2. The minimum Gasteiger partial charge on any atom is -0.445 e. The van der Waals surface area contributed by atoms with E-state index in [0.29, 0.717) is 22.0 Å². The number of nitrogens with one attached hydrogen (secondary N) is 1. The SMILES string of the molecule is C=CCOC(=O)N[C@@H](CC)C(=O)c1ncc(-c2c(Cl)cccc2Cl)o1. The number of ether oxygens (including phenoxy) is 1. The zero-order chi connectivity index (χ0) is 18.4. The van der Waals surface area contributed by atoms with E-state index < -0.39 is 17.9 Å². The van der Waals surface area contributed by atoms with Crippen LogP contribution in [0.1, 0.15) is 24.0 Å². The van der Waals surface area contributed by atoms with Crippen molar-refractivity contribution in [2.24, 2.45) is 0 Å². The molecule has 0 aliphatic heterocycles. The number of halogens is 2. The number of oxazole rings is 1. The van der Waals surface area contributed by atoms with Crippen LogP contribution >= 0.6 is 23.2 Å². The van der Waals surface area contributed by atoms with Crippen molar-refractivity contribution in [1.82, 2.24) is 10.3 Å². The summed E-state index contributed by atoms with van der Waals surface area (Å²) in [4.78, 5) is 28.1. The van der Waals surface area contributed by atoms with E-state index in [-0.39, 0.29) is 18.3 Å². The van der Waals surface area contributed by atoms with E-state index in [2.05, 4.69) is 16.9 Å². The number of hydrogen-bond acceptors (Lipinski definition) is 5. The van der Waals surface area contributed by atoms with E-state index in [9.17, 15) is 9.59 Å². The Labute approximate surface area is 154 Å². The van der Waals surface area contributed by atoms with E-state index >= 15 is 0 Å². The van der Waals surface area contributed by atoms with Crippen LogP contribution in [0, 0.1) is 0 Å². The molecule has 0 aliphatic carbocycles. The van der Waals surface area contributed by atoms with Crippen molar-refractivity contribution in [2.75, 3.05) is 6.61 Å². The Bertz CT molecular complexity index is 768. The van der Waals surface area contributed by atoms with Gasteiger partial charge in [-0.25, -0.2) is 9.78 Å². The Kier molecular flexibility index (Phi) is 6.61. The third-order valence-electron chi connectivity index (χ3n) is 3.27. The summed E-state index contributed by atoms with van der Waals surface area (Å²) in [7, 11) is 0. The zero-order valence-corrected chi connectivity index (χ0v) is 14.9. The molecule has 0 saturated heterocycles. The van der Waals surface area contributed by atoms with Gasteiger partial charge in [0.25, 0.3) is 5.89 Å². The molecule has 0 bridgehead atoms. The maximum absolute atomic E-state index is 12.5. The van der Waals surface area contributed by atoms with Gasteiger partial charge in [-0.2, -0.15) is 0 Å². The van der Waals surface area contributed by atoms with Crippen LogP contribution < -0.4 is 5.32 Å². The molecule has 1 heterocycles. The summed E-state index contributed by atoms with van der Waals surface area (Å²) in [6.07, 6.45) is 2.41. The van der Waals surface area contributed by atoms with E-state index in [0.717, 1.165) is 0 Å². The highest BCUT2D eigenvalue weighted by Gasteiger charge is 2.26. The Morgan fingerprint density at radius 3 is 2.68 bits per heavy atom. The third kappa shape index (κ3) is 4.61. The Morgan fingerprint density at radius 1 is 1.40 bits per heavy atom. The van der Waals surface area contributed by atoms with Crippen LogP contribution in [0.5, 0.6) is 0 Å². The number of aromatic nitrogens is 1. The number of carbonyl (C=O) groups is 2. The van der Waals surface area contributed by atoms with Gasteiger partial charge in [0, 0.05) is 0 Å². The number of ketones is 1. The Morgan fingerprint density at radius 2 is 2.08 bits per heavy atom. The number of hydrogen-bond donors (Lipinski definition) is 1. The largest absolute Gasteiger partial charge is 0.445 e. The van der Waals surface area contributed by atoms with Gasteiger partial charge in [0.1, 0.15) is 12.6 Å². The molecule has 1 atom stereocenters. The summed E-state index contributed by atoms with van der Waals surface area (Å²) >= 11 is 12.2. The maximum atomic E-state index is 12.5. The molecule has 25 heavy (non-hydrogen) atoms. The van der Waals surface area contributed by atoms with E-state index in [1.54, 1.807) is 25.1 Å². The van der Waals surface area contributed by atoms with Gasteiger partial charge in [-0.15, -0.1) is 0 Å². The number of benzene rings is 1. The Balaban J connectivity index is 2.18. The number of rotatable bonds is 7. The summed E-state index contributed by atoms with van der Waals surface area (Å²) < 4.78 is 10.3. The first-order valence-electron chi connectivity index (χ1n) is 7.46. The van der Waals surface area contributed by atoms with Crippen molar-refractivity contribution in [3.63, 3.8) is 0 Å². The fourth-order valence-electron chi connectivity index (χ4n) is 2.06. The van der Waals surface area contributed by atoms with Crippen molar-refractivity contribution in [3.05, 3.63) is 53.0 Å². The van der Waals surface area contributed by atoms with E-state index in [4.69, 9.17) is 32.4 Å². The first kappa shape index (κ1) is 19.0. The molecule has 0 fully saturated rings. The van der Waals surface area contributed by atoms with E-state index in [1.165, 1.54) is 12.3 Å². The molecule has 1 N–H and O–H groups in total. The van der Waals surface area contributed by atoms with Gasteiger partial charge in [0.15, 0.2) is 5.76 Å². The lowest BCUT2D eigenvalue weighted by Gasteiger charge is -2.13. The first-order chi connectivity index (χ1) is 12.0. The number of nitrogens with zero attached hydrogens (tertiary/aromatic N) is 1. The molecule has 132 valence electrons. The molecule has 0 unspecified atom stereocenters. The van der Waals surface area contributed by atoms with Crippen LogP contribution in [0.4, 0.5) is 4.79 Å². The van der Waals surface area contributed by atoms with Gasteiger partial charge in [0.2, 0.25) is 5.78 Å². The van der Waals surface area contributed by atoms with Gasteiger partial charge in [-0.3, -0.25) is 4.79 Å². The van der Waals surface area contributed by atoms with Gasteiger partial charge < -0.3 is 14.5 Å². The quantitative estimate of drug-likeness (QED) is 0.562. The number of Topliss-reactive ketones (excluding diaryl/α,β-unsaturated/α-hetero) is 1. The van der Waals surface area contributed by atoms with Crippen molar-refractivity contribution in [2.45, 2.75) is 19.4 Å². The molecule has 1 amide bonds. The normalized spacial score (nSPS) is 11.6. The summed E-state index contributed by atoms with van der Waals surface area (Å²) in [6, 6.07) is 4.17. The molecule has 1 aromatic carbocycles. The van der Waals surface area contributed by atoms with Crippen LogP contribution in [0.25, 0.3) is 11.3 Å². The molecule has 2 rings (SSSR count). The van der Waals surface area contributed by atoms with Crippen molar-refractivity contribution < 1.29 is 18.7 Å². The fourth-order valence-corrected chi connectivity index (χ4v) is 2.64. The lowest BCUT2D eigenvalue weighted by molar-refractivity contribution is 0.0891. The first-order valence-corrected chi connectivity index (χ1v) is 8.22. The highest BCUT2D eigenvalue weighted by Crippen LogP contribution is 2.34. The van der Waals surface area contributed by atoms with Crippen molar-refractivity contribution >= 4 is 35.1 Å². The summed E-state index contributed by atoms with van der Waals surface area (Å²) in [5.41, 5.74) is 0.448. The second-order valence-corrected chi connectivity index (χ2v) is 5.80. The van der Waals surface area contributed by atoms with Gasteiger partial charge in [-0.05, 0) is 18.6 Å². The van der Waals surface area contributed by atoms with Gasteiger partial charge in [-0.1, -0.05) is 48.8 Å². The summed E-state index contributed by atoms with van der Waals surface area (Å²) in [6.45, 7) is 5.23. The van der Waals surface area contributed by atoms with Crippen molar-refractivity contribution in [3.8, 4) is 11.3 Å².